The Kier molecular flexibility index (Phi) is 7.59. The SMILES string of the molecule is COCCNC(=O)c1ccc(Cc2cc3c(=O)n([C@H]4CCOC[C@@H]4O)cnc3c(C)c2C)cc1F. The summed E-state index contributed by atoms with van der Waals surface area (Å²) >= 11 is 0. The normalized spacial score (nSPS) is 18.1. The third-order valence-corrected chi connectivity index (χ3v) is 6.66. The van der Waals surface area contributed by atoms with E-state index < -0.39 is 23.9 Å². The summed E-state index contributed by atoms with van der Waals surface area (Å²) in [5, 5.41) is 13.4. The van der Waals surface area contributed by atoms with E-state index in [2.05, 4.69) is 10.3 Å². The van der Waals surface area contributed by atoms with E-state index in [0.29, 0.717) is 49.1 Å². The van der Waals surface area contributed by atoms with Crippen LogP contribution in [0.15, 0.2) is 35.4 Å². The number of aromatic nitrogens is 2. The molecule has 1 fully saturated rings. The van der Waals surface area contributed by atoms with Crippen LogP contribution < -0.4 is 10.9 Å². The Morgan fingerprint density at radius 1 is 1.31 bits per heavy atom. The van der Waals surface area contributed by atoms with Gasteiger partial charge in [0.1, 0.15) is 5.82 Å². The first-order valence-electron chi connectivity index (χ1n) is 11.6. The molecule has 1 aromatic heterocycles. The highest BCUT2D eigenvalue weighted by atomic mass is 19.1. The summed E-state index contributed by atoms with van der Waals surface area (Å²) < 4.78 is 26.4. The highest BCUT2D eigenvalue weighted by molar-refractivity contribution is 5.94. The van der Waals surface area contributed by atoms with Crippen LogP contribution in [0.2, 0.25) is 0 Å². The number of rotatable bonds is 7. The molecule has 1 aliphatic rings. The zero-order valence-electron chi connectivity index (χ0n) is 20.1. The molecule has 1 amide bonds. The van der Waals surface area contributed by atoms with Gasteiger partial charge in [0.05, 0.1) is 48.2 Å². The zero-order valence-corrected chi connectivity index (χ0v) is 20.1. The number of nitrogens with zero attached hydrogens (tertiary/aromatic N) is 2. The molecular weight excluding hydrogens is 453 g/mol. The fourth-order valence-corrected chi connectivity index (χ4v) is 4.50. The number of nitrogens with one attached hydrogen (secondary N) is 1. The van der Waals surface area contributed by atoms with E-state index >= 15 is 0 Å². The maximum Gasteiger partial charge on any atom is 0.261 e. The Labute approximate surface area is 202 Å². The number of aryl methyl sites for hydroxylation is 1. The van der Waals surface area contributed by atoms with Crippen molar-refractivity contribution in [3.05, 3.63) is 74.6 Å². The largest absolute Gasteiger partial charge is 0.389 e. The third kappa shape index (κ3) is 5.12. The van der Waals surface area contributed by atoms with Gasteiger partial charge < -0.3 is 19.9 Å². The molecule has 4 rings (SSSR count). The summed E-state index contributed by atoms with van der Waals surface area (Å²) in [5.41, 5.74) is 3.76. The highest BCUT2D eigenvalue weighted by Crippen LogP contribution is 2.26. The average molecular weight is 484 g/mol. The van der Waals surface area contributed by atoms with Gasteiger partial charge in [-0.15, -0.1) is 0 Å². The van der Waals surface area contributed by atoms with E-state index in [-0.39, 0.29) is 17.7 Å². The lowest BCUT2D eigenvalue weighted by Gasteiger charge is -2.29. The molecule has 0 saturated carbocycles. The molecule has 186 valence electrons. The number of amides is 1. The number of benzene rings is 2. The summed E-state index contributed by atoms with van der Waals surface area (Å²) in [6, 6.07) is 5.95. The molecule has 0 bridgehead atoms. The van der Waals surface area contributed by atoms with Crippen molar-refractivity contribution >= 4 is 16.8 Å². The van der Waals surface area contributed by atoms with E-state index in [1.54, 1.807) is 12.1 Å². The molecule has 0 radical (unpaired) electrons. The number of hydrogen-bond acceptors (Lipinski definition) is 6. The van der Waals surface area contributed by atoms with Crippen molar-refractivity contribution in [3.63, 3.8) is 0 Å². The predicted octanol–water partition coefficient (Wildman–Crippen LogP) is 2.44. The van der Waals surface area contributed by atoms with E-state index in [1.165, 1.54) is 30.1 Å². The summed E-state index contributed by atoms with van der Waals surface area (Å²) in [7, 11) is 1.53. The minimum absolute atomic E-state index is 0.0293. The maximum atomic E-state index is 14.7. The van der Waals surface area contributed by atoms with Crippen molar-refractivity contribution in [2.75, 3.05) is 33.5 Å². The van der Waals surface area contributed by atoms with Crippen LogP contribution in [-0.4, -0.2) is 60.1 Å². The van der Waals surface area contributed by atoms with Gasteiger partial charge in [-0.3, -0.25) is 14.2 Å². The molecule has 35 heavy (non-hydrogen) atoms. The number of ether oxygens (including phenoxy) is 2. The van der Waals surface area contributed by atoms with Crippen molar-refractivity contribution in [3.8, 4) is 0 Å². The molecular formula is C26H30FN3O5. The Bertz CT molecular complexity index is 1310. The fourth-order valence-electron chi connectivity index (χ4n) is 4.50. The minimum Gasteiger partial charge on any atom is -0.389 e. The second kappa shape index (κ2) is 10.6. The number of carbonyl (C=O) groups excluding carboxylic acids is 1. The molecule has 0 aliphatic carbocycles. The summed E-state index contributed by atoms with van der Waals surface area (Å²) in [5.74, 6) is -1.10. The minimum atomic E-state index is -0.778. The van der Waals surface area contributed by atoms with Crippen molar-refractivity contribution in [2.45, 2.75) is 38.8 Å². The van der Waals surface area contributed by atoms with Crippen LogP contribution in [0.5, 0.6) is 0 Å². The lowest BCUT2D eigenvalue weighted by atomic mass is 9.94. The van der Waals surface area contributed by atoms with Crippen molar-refractivity contribution < 1.29 is 23.8 Å². The molecule has 8 nitrogen and oxygen atoms in total. The van der Waals surface area contributed by atoms with E-state index in [1.807, 2.05) is 13.8 Å². The van der Waals surface area contributed by atoms with Crippen LogP contribution >= 0.6 is 0 Å². The number of hydrogen-bond donors (Lipinski definition) is 2. The Morgan fingerprint density at radius 3 is 2.83 bits per heavy atom. The summed E-state index contributed by atoms with van der Waals surface area (Å²) in [6.07, 6.45) is 1.64. The lowest BCUT2D eigenvalue weighted by Crippen LogP contribution is -2.39. The zero-order chi connectivity index (χ0) is 25.1. The van der Waals surface area contributed by atoms with Gasteiger partial charge >= 0.3 is 0 Å². The first-order chi connectivity index (χ1) is 16.8. The number of methoxy groups -OCH3 is 1. The Balaban J connectivity index is 1.66. The van der Waals surface area contributed by atoms with Crippen LogP contribution in [0.3, 0.4) is 0 Å². The van der Waals surface area contributed by atoms with E-state index in [0.717, 1.165) is 16.7 Å². The number of aliphatic hydroxyl groups excluding tert-OH is 1. The monoisotopic (exact) mass is 483 g/mol. The molecule has 0 unspecified atom stereocenters. The van der Waals surface area contributed by atoms with Crippen LogP contribution in [0.4, 0.5) is 4.39 Å². The third-order valence-electron chi connectivity index (χ3n) is 6.66. The van der Waals surface area contributed by atoms with Gasteiger partial charge in [-0.1, -0.05) is 6.07 Å². The van der Waals surface area contributed by atoms with Crippen molar-refractivity contribution in [2.24, 2.45) is 0 Å². The van der Waals surface area contributed by atoms with Gasteiger partial charge in [0.2, 0.25) is 0 Å². The number of halogens is 1. The maximum absolute atomic E-state index is 14.7. The standard InChI is InChI=1S/C26H30FN3O5/c1-15-16(2)24-20(26(33)30(14-29-24)22-6-8-35-13-23(22)31)12-18(15)10-17-4-5-19(21(27)11-17)25(32)28-7-9-34-3/h4-5,11-12,14,22-23,31H,6-10,13H2,1-3H3,(H,28,32)/t22-,23-/m0/s1. The van der Waals surface area contributed by atoms with Gasteiger partial charge in [0.25, 0.3) is 11.5 Å². The lowest BCUT2D eigenvalue weighted by molar-refractivity contribution is -0.0395. The van der Waals surface area contributed by atoms with Gasteiger partial charge in [-0.2, -0.15) is 0 Å². The van der Waals surface area contributed by atoms with Crippen LogP contribution in [0, 0.1) is 19.7 Å². The quantitative estimate of drug-likeness (QED) is 0.501. The number of carbonyl (C=O) groups is 1. The van der Waals surface area contributed by atoms with Gasteiger partial charge in [0, 0.05) is 20.3 Å². The molecule has 2 N–H and O–H groups in total. The highest BCUT2D eigenvalue weighted by Gasteiger charge is 2.27. The van der Waals surface area contributed by atoms with Crippen molar-refractivity contribution in [1.82, 2.24) is 14.9 Å². The van der Waals surface area contributed by atoms with E-state index in [4.69, 9.17) is 9.47 Å². The molecule has 2 heterocycles. The second-order valence-corrected chi connectivity index (χ2v) is 8.88. The van der Waals surface area contributed by atoms with Crippen molar-refractivity contribution in [1.29, 1.82) is 0 Å². The van der Waals surface area contributed by atoms with E-state index in [9.17, 15) is 19.1 Å². The van der Waals surface area contributed by atoms with Crippen LogP contribution in [-0.2, 0) is 15.9 Å². The first-order valence-corrected chi connectivity index (χ1v) is 11.6. The molecule has 0 spiro atoms. The topological polar surface area (TPSA) is 103 Å². The van der Waals surface area contributed by atoms with Gasteiger partial charge in [0.15, 0.2) is 0 Å². The predicted molar refractivity (Wildman–Crippen MR) is 129 cm³/mol. The molecule has 1 aliphatic heterocycles. The molecule has 9 heteroatoms. The second-order valence-electron chi connectivity index (χ2n) is 8.88. The van der Waals surface area contributed by atoms with Crippen LogP contribution in [0.1, 0.15) is 45.1 Å². The smallest absolute Gasteiger partial charge is 0.261 e. The fraction of sp³-hybridized carbons (Fsp3) is 0.423. The summed E-state index contributed by atoms with van der Waals surface area (Å²) in [6.45, 7) is 5.15. The molecule has 1 saturated heterocycles. The first kappa shape index (κ1) is 25.0. The average Bonchev–Trinajstić information content (AvgIpc) is 2.84. The Morgan fingerprint density at radius 2 is 2.11 bits per heavy atom. The molecule has 2 atom stereocenters. The molecule has 3 aromatic rings. The Hall–Kier alpha value is -3.14. The van der Waals surface area contributed by atoms with Gasteiger partial charge in [-0.25, -0.2) is 9.37 Å². The number of aliphatic hydroxyl groups is 1. The summed E-state index contributed by atoms with van der Waals surface area (Å²) in [4.78, 5) is 30.1. The van der Waals surface area contributed by atoms with Gasteiger partial charge in [-0.05, 0) is 67.1 Å². The van der Waals surface area contributed by atoms with Crippen LogP contribution in [0.25, 0.3) is 10.9 Å². The molecule has 2 aromatic carbocycles. The number of fused-ring (bicyclic) bond motifs is 1.